The van der Waals surface area contributed by atoms with Gasteiger partial charge in [0, 0.05) is 23.9 Å². The van der Waals surface area contributed by atoms with Crippen molar-refractivity contribution >= 4 is 22.4 Å². The number of pyridine rings is 1. The second kappa shape index (κ2) is 13.1. The van der Waals surface area contributed by atoms with Crippen molar-refractivity contribution < 1.29 is 31.1 Å². The molecule has 0 fully saturated rings. The molecule has 0 saturated heterocycles. The molecule has 0 amide bonds. The highest BCUT2D eigenvalue weighted by atomic mass is 19.4. The number of hydrogen-bond donors (Lipinski definition) is 3. The van der Waals surface area contributed by atoms with E-state index in [9.17, 15) is 26.3 Å². The Bertz CT molecular complexity index is 1340. The Morgan fingerprint density at radius 1 is 1.05 bits per heavy atom. The van der Waals surface area contributed by atoms with Gasteiger partial charge in [-0.3, -0.25) is 0 Å². The monoisotopic (exact) mass is 568 g/mol. The van der Waals surface area contributed by atoms with Crippen LogP contribution in [0.25, 0.3) is 10.9 Å². The highest BCUT2D eigenvalue weighted by Gasteiger charge is 2.33. The van der Waals surface area contributed by atoms with Gasteiger partial charge in [0.15, 0.2) is 0 Å². The van der Waals surface area contributed by atoms with Gasteiger partial charge >= 0.3 is 12.4 Å². The van der Waals surface area contributed by atoms with Crippen molar-refractivity contribution in [1.29, 1.82) is 0 Å². The molecule has 216 valence electrons. The zero-order valence-electron chi connectivity index (χ0n) is 22.1. The lowest BCUT2D eigenvalue weighted by Crippen LogP contribution is -2.29. The van der Waals surface area contributed by atoms with Gasteiger partial charge in [0.05, 0.1) is 36.2 Å². The molecule has 1 aromatic carbocycles. The first-order chi connectivity index (χ1) is 18.8. The standard InChI is InChI=1S/C27H30F6N6O/c1-16(2)40-17(3)13-35-15-24-38-22-12-18(11-19(5-4-10-34)26(28,29)30)6-8-21(22)25(39-24)37-20-7-9-23(36-14-20)27(31,32)33/h4-10,12,14,16-17,35H,11,13,15,34H2,1-3H3,(H,37,38,39)/b10-4-,19-5+. The first kappa shape index (κ1) is 30.8. The van der Waals surface area contributed by atoms with E-state index >= 15 is 0 Å². The van der Waals surface area contributed by atoms with Crippen LogP contribution < -0.4 is 16.4 Å². The molecule has 0 radical (unpaired) electrons. The van der Waals surface area contributed by atoms with Crippen LogP contribution in [0.1, 0.15) is 37.9 Å². The molecule has 3 rings (SSSR count). The molecule has 40 heavy (non-hydrogen) atoms. The van der Waals surface area contributed by atoms with Crippen LogP contribution in [-0.2, 0) is 23.9 Å². The quantitative estimate of drug-likeness (QED) is 0.187. The molecule has 1 atom stereocenters. The Kier molecular flexibility index (Phi) is 10.1. The van der Waals surface area contributed by atoms with E-state index in [1.165, 1.54) is 18.2 Å². The van der Waals surface area contributed by atoms with Crippen molar-refractivity contribution in [3.63, 3.8) is 0 Å². The molecule has 0 bridgehead atoms. The maximum absolute atomic E-state index is 13.5. The van der Waals surface area contributed by atoms with Gasteiger partial charge in [-0.1, -0.05) is 12.1 Å². The average Bonchev–Trinajstić information content (AvgIpc) is 2.85. The minimum atomic E-state index is -4.59. The summed E-state index contributed by atoms with van der Waals surface area (Å²) in [6.45, 7) is 6.43. The SMILES string of the molecule is CC(C)OC(C)CNCc1nc(Nc2ccc(C(F)(F)F)nc2)c2ccc(C/C(=C\C=C/N)C(F)(F)F)cc2n1. The first-order valence-corrected chi connectivity index (χ1v) is 12.4. The summed E-state index contributed by atoms with van der Waals surface area (Å²) in [5, 5.41) is 6.60. The summed E-state index contributed by atoms with van der Waals surface area (Å²) in [5.74, 6) is 0.584. The maximum atomic E-state index is 13.5. The van der Waals surface area contributed by atoms with E-state index in [0.717, 1.165) is 30.6 Å². The molecule has 2 heterocycles. The van der Waals surface area contributed by atoms with Crippen molar-refractivity contribution in [3.05, 3.63) is 77.5 Å². The second-order valence-electron chi connectivity index (χ2n) is 9.27. The topological polar surface area (TPSA) is 98.0 Å². The first-order valence-electron chi connectivity index (χ1n) is 12.4. The summed E-state index contributed by atoms with van der Waals surface area (Å²) in [6, 6.07) is 6.64. The highest BCUT2D eigenvalue weighted by Crippen LogP contribution is 2.32. The third-order valence-corrected chi connectivity index (χ3v) is 5.51. The summed E-state index contributed by atoms with van der Waals surface area (Å²) < 4.78 is 85.0. The zero-order chi connectivity index (χ0) is 29.5. The number of alkyl halides is 6. The van der Waals surface area contributed by atoms with Crippen LogP contribution in [0.2, 0.25) is 0 Å². The molecule has 0 spiro atoms. The number of fused-ring (bicyclic) bond motifs is 1. The van der Waals surface area contributed by atoms with Crippen molar-refractivity contribution in [3.8, 4) is 0 Å². The molecule has 2 aromatic heterocycles. The number of rotatable bonds is 11. The number of hydrogen-bond acceptors (Lipinski definition) is 7. The normalized spacial score (nSPS) is 13.9. The van der Waals surface area contributed by atoms with Crippen LogP contribution in [0.4, 0.5) is 37.8 Å². The third-order valence-electron chi connectivity index (χ3n) is 5.51. The molecular weight excluding hydrogens is 538 g/mol. The third kappa shape index (κ3) is 8.91. The smallest absolute Gasteiger partial charge is 0.405 e. The van der Waals surface area contributed by atoms with Gasteiger partial charge < -0.3 is 21.1 Å². The number of halogens is 6. The highest BCUT2D eigenvalue weighted by molar-refractivity contribution is 5.91. The summed E-state index contributed by atoms with van der Waals surface area (Å²) in [6.07, 6.45) is -5.57. The Hall–Kier alpha value is -3.71. The fourth-order valence-corrected chi connectivity index (χ4v) is 3.83. The Labute approximate surface area is 227 Å². The summed E-state index contributed by atoms with van der Waals surface area (Å²) in [4.78, 5) is 12.5. The molecular formula is C27H30F6N6O. The summed E-state index contributed by atoms with van der Waals surface area (Å²) >= 11 is 0. The van der Waals surface area contributed by atoms with Gasteiger partial charge in [0.25, 0.3) is 0 Å². The van der Waals surface area contributed by atoms with E-state index in [4.69, 9.17) is 10.5 Å². The summed E-state index contributed by atoms with van der Waals surface area (Å²) in [5.41, 5.74) is 4.31. The van der Waals surface area contributed by atoms with Crippen molar-refractivity contribution in [2.45, 2.75) is 58.3 Å². The molecule has 1 unspecified atom stereocenters. The van der Waals surface area contributed by atoms with Gasteiger partial charge in [-0.15, -0.1) is 0 Å². The van der Waals surface area contributed by atoms with E-state index in [2.05, 4.69) is 25.6 Å². The van der Waals surface area contributed by atoms with Gasteiger partial charge in [-0.2, -0.15) is 26.3 Å². The lowest BCUT2D eigenvalue weighted by atomic mass is 10.0. The second-order valence-corrected chi connectivity index (χ2v) is 9.27. The molecule has 4 N–H and O–H groups in total. The number of nitrogens with zero attached hydrogens (tertiary/aromatic N) is 3. The maximum Gasteiger partial charge on any atom is 0.433 e. The number of nitrogens with two attached hydrogens (primary N) is 1. The van der Waals surface area contributed by atoms with E-state index < -0.39 is 30.0 Å². The molecule has 0 aliphatic carbocycles. The van der Waals surface area contributed by atoms with Gasteiger partial charge in [0.2, 0.25) is 0 Å². The number of ether oxygens (including phenoxy) is 1. The Morgan fingerprint density at radius 2 is 1.80 bits per heavy atom. The number of anilines is 2. The molecule has 3 aromatic rings. The number of nitrogens with one attached hydrogen (secondary N) is 2. The number of aromatic nitrogens is 3. The average molecular weight is 569 g/mol. The van der Waals surface area contributed by atoms with Crippen LogP contribution >= 0.6 is 0 Å². The Balaban J connectivity index is 1.96. The predicted molar refractivity (Wildman–Crippen MR) is 141 cm³/mol. The van der Waals surface area contributed by atoms with E-state index in [1.807, 2.05) is 20.8 Å². The minimum absolute atomic E-state index is 0.0382. The summed E-state index contributed by atoms with van der Waals surface area (Å²) in [7, 11) is 0. The Morgan fingerprint density at radius 3 is 2.40 bits per heavy atom. The largest absolute Gasteiger partial charge is 0.433 e. The zero-order valence-corrected chi connectivity index (χ0v) is 22.1. The van der Waals surface area contributed by atoms with Crippen molar-refractivity contribution in [2.24, 2.45) is 5.73 Å². The molecule has 0 saturated carbocycles. The van der Waals surface area contributed by atoms with E-state index in [1.54, 1.807) is 6.07 Å². The lowest BCUT2D eigenvalue weighted by molar-refractivity contribution is -0.141. The van der Waals surface area contributed by atoms with Crippen LogP contribution in [-0.4, -0.2) is 39.9 Å². The van der Waals surface area contributed by atoms with E-state index in [-0.39, 0.29) is 30.3 Å². The predicted octanol–water partition coefficient (Wildman–Crippen LogP) is 6.19. The number of benzene rings is 1. The van der Waals surface area contributed by atoms with Crippen molar-refractivity contribution in [1.82, 2.24) is 20.3 Å². The van der Waals surface area contributed by atoms with Crippen LogP contribution in [0, 0.1) is 0 Å². The minimum Gasteiger partial charge on any atom is -0.405 e. The fraction of sp³-hybridized carbons (Fsp3) is 0.370. The van der Waals surface area contributed by atoms with Crippen LogP contribution in [0.3, 0.4) is 0 Å². The fourth-order valence-electron chi connectivity index (χ4n) is 3.83. The van der Waals surface area contributed by atoms with Gasteiger partial charge in [-0.25, -0.2) is 15.0 Å². The molecule has 7 nitrogen and oxygen atoms in total. The van der Waals surface area contributed by atoms with Crippen molar-refractivity contribution in [2.75, 3.05) is 11.9 Å². The molecule has 0 aliphatic rings. The molecule has 0 aliphatic heterocycles. The van der Waals surface area contributed by atoms with Gasteiger partial charge in [0.1, 0.15) is 17.3 Å². The van der Waals surface area contributed by atoms with Crippen LogP contribution in [0.15, 0.2) is 60.5 Å². The number of allylic oxidation sites excluding steroid dienone is 3. The molecule has 13 heteroatoms. The van der Waals surface area contributed by atoms with E-state index in [0.29, 0.717) is 28.8 Å². The van der Waals surface area contributed by atoms with Crippen LogP contribution in [0.5, 0.6) is 0 Å². The lowest BCUT2D eigenvalue weighted by Gasteiger charge is -2.17. The van der Waals surface area contributed by atoms with Gasteiger partial charge in [-0.05, 0) is 62.9 Å².